The van der Waals surface area contributed by atoms with Crippen molar-refractivity contribution in [3.05, 3.63) is 29.8 Å². The Hall–Kier alpha value is -1.06. The summed E-state index contributed by atoms with van der Waals surface area (Å²) >= 11 is 0. The van der Waals surface area contributed by atoms with Crippen LogP contribution in [0.25, 0.3) is 0 Å². The molecule has 0 saturated heterocycles. The Labute approximate surface area is 115 Å². The minimum absolute atomic E-state index is 0.454. The van der Waals surface area contributed by atoms with Gasteiger partial charge in [0.25, 0.3) is 0 Å². The number of hydrogen-bond donors (Lipinski definition) is 1. The van der Waals surface area contributed by atoms with E-state index in [1.807, 2.05) is 24.3 Å². The molecule has 3 atom stereocenters. The van der Waals surface area contributed by atoms with Crippen molar-refractivity contribution in [3.63, 3.8) is 0 Å². The lowest BCUT2D eigenvalue weighted by molar-refractivity contribution is -0.134. The second kappa shape index (κ2) is 5.93. The summed E-state index contributed by atoms with van der Waals surface area (Å²) in [5.41, 5.74) is 0.416. The second-order valence-corrected chi connectivity index (χ2v) is 5.65. The Kier molecular flexibility index (Phi) is 4.48. The maximum atomic E-state index is 10.8. The van der Waals surface area contributed by atoms with Crippen LogP contribution in [0.1, 0.15) is 44.3 Å². The first kappa shape index (κ1) is 14.4. The topological polar surface area (TPSA) is 38.7 Å². The van der Waals surface area contributed by atoms with Crippen LogP contribution in [0.3, 0.4) is 0 Å². The summed E-state index contributed by atoms with van der Waals surface area (Å²) in [6, 6.07) is 7.63. The zero-order chi connectivity index (χ0) is 13.9. The van der Waals surface area contributed by atoms with Crippen LogP contribution in [-0.2, 0) is 4.74 Å². The van der Waals surface area contributed by atoms with E-state index in [1.165, 1.54) is 6.42 Å². The molecule has 3 unspecified atom stereocenters. The molecule has 0 spiro atoms. The molecule has 106 valence electrons. The standard InChI is InChI=1S/C16H24O3/c1-12-6-5-9-16(11-12,19-3)15(17)13-7-4-8-14(10-13)18-2/h4,7-8,10,12,15,17H,5-6,9,11H2,1-3H3. The Morgan fingerprint density at radius 2 is 2.16 bits per heavy atom. The van der Waals surface area contributed by atoms with Gasteiger partial charge in [0.15, 0.2) is 0 Å². The average molecular weight is 264 g/mol. The fourth-order valence-electron chi connectivity index (χ4n) is 3.20. The van der Waals surface area contributed by atoms with Gasteiger partial charge < -0.3 is 14.6 Å². The van der Waals surface area contributed by atoms with Gasteiger partial charge in [0.1, 0.15) is 11.9 Å². The molecule has 0 bridgehead atoms. The molecule has 2 rings (SSSR count). The molecule has 1 saturated carbocycles. The van der Waals surface area contributed by atoms with Gasteiger partial charge in [-0.05, 0) is 36.5 Å². The molecule has 1 fully saturated rings. The van der Waals surface area contributed by atoms with Crippen LogP contribution in [0.15, 0.2) is 24.3 Å². The number of benzene rings is 1. The highest BCUT2D eigenvalue weighted by Crippen LogP contribution is 2.43. The fourth-order valence-corrected chi connectivity index (χ4v) is 3.20. The molecule has 0 radical (unpaired) electrons. The molecule has 1 N–H and O–H groups in total. The minimum Gasteiger partial charge on any atom is -0.497 e. The number of hydrogen-bond acceptors (Lipinski definition) is 3. The van der Waals surface area contributed by atoms with Crippen molar-refractivity contribution in [2.75, 3.05) is 14.2 Å². The molecule has 1 aliphatic carbocycles. The molecule has 0 aromatic heterocycles. The van der Waals surface area contributed by atoms with Crippen LogP contribution in [0.5, 0.6) is 5.75 Å². The van der Waals surface area contributed by atoms with Gasteiger partial charge in [-0.25, -0.2) is 0 Å². The first-order chi connectivity index (χ1) is 9.11. The predicted molar refractivity (Wildman–Crippen MR) is 75.3 cm³/mol. The summed E-state index contributed by atoms with van der Waals surface area (Å²) in [4.78, 5) is 0. The van der Waals surface area contributed by atoms with Gasteiger partial charge in [0, 0.05) is 7.11 Å². The van der Waals surface area contributed by atoms with Crippen molar-refractivity contribution in [3.8, 4) is 5.75 Å². The van der Waals surface area contributed by atoms with Crippen molar-refractivity contribution in [2.24, 2.45) is 5.92 Å². The van der Waals surface area contributed by atoms with E-state index in [-0.39, 0.29) is 0 Å². The van der Waals surface area contributed by atoms with E-state index in [0.717, 1.165) is 30.6 Å². The Morgan fingerprint density at radius 3 is 2.79 bits per heavy atom. The van der Waals surface area contributed by atoms with Gasteiger partial charge in [0.2, 0.25) is 0 Å². The van der Waals surface area contributed by atoms with Crippen LogP contribution in [0, 0.1) is 5.92 Å². The van der Waals surface area contributed by atoms with Crippen molar-refractivity contribution < 1.29 is 14.6 Å². The van der Waals surface area contributed by atoms with Gasteiger partial charge in [-0.1, -0.05) is 31.9 Å². The molecule has 3 nitrogen and oxygen atoms in total. The minimum atomic E-state index is -0.602. The van der Waals surface area contributed by atoms with Gasteiger partial charge in [0.05, 0.1) is 12.7 Å². The molecule has 0 amide bonds. The Balaban J connectivity index is 2.26. The van der Waals surface area contributed by atoms with Gasteiger partial charge in [-0.15, -0.1) is 0 Å². The van der Waals surface area contributed by atoms with Crippen molar-refractivity contribution in [2.45, 2.75) is 44.3 Å². The molecule has 19 heavy (non-hydrogen) atoms. The third-order valence-electron chi connectivity index (χ3n) is 4.31. The lowest BCUT2D eigenvalue weighted by Crippen LogP contribution is -2.42. The molecule has 1 aromatic carbocycles. The quantitative estimate of drug-likeness (QED) is 0.906. The molecule has 0 aliphatic heterocycles. The maximum Gasteiger partial charge on any atom is 0.119 e. The van der Waals surface area contributed by atoms with E-state index >= 15 is 0 Å². The summed E-state index contributed by atoms with van der Waals surface area (Å²) in [6.07, 6.45) is 3.54. The van der Waals surface area contributed by atoms with Gasteiger partial charge in [-0.3, -0.25) is 0 Å². The zero-order valence-corrected chi connectivity index (χ0v) is 12.1. The Bertz CT molecular complexity index is 418. The van der Waals surface area contributed by atoms with Crippen molar-refractivity contribution in [1.29, 1.82) is 0 Å². The van der Waals surface area contributed by atoms with Gasteiger partial charge in [-0.2, -0.15) is 0 Å². The van der Waals surface area contributed by atoms with Gasteiger partial charge >= 0.3 is 0 Å². The molecule has 3 heteroatoms. The largest absolute Gasteiger partial charge is 0.497 e. The third kappa shape index (κ3) is 2.93. The number of aliphatic hydroxyl groups is 1. The summed E-state index contributed by atoms with van der Waals surface area (Å²) in [5.74, 6) is 1.36. The lowest BCUT2D eigenvalue weighted by Gasteiger charge is -2.42. The molecule has 1 aliphatic rings. The number of aliphatic hydroxyl groups excluding tert-OH is 1. The van der Waals surface area contributed by atoms with Crippen LogP contribution in [0.4, 0.5) is 0 Å². The van der Waals surface area contributed by atoms with Crippen LogP contribution in [0.2, 0.25) is 0 Å². The molecular formula is C16H24O3. The van der Waals surface area contributed by atoms with Crippen molar-refractivity contribution in [1.82, 2.24) is 0 Å². The molecule has 0 heterocycles. The van der Waals surface area contributed by atoms with Crippen LogP contribution >= 0.6 is 0 Å². The first-order valence-corrected chi connectivity index (χ1v) is 6.98. The van der Waals surface area contributed by atoms with Crippen molar-refractivity contribution >= 4 is 0 Å². The van der Waals surface area contributed by atoms with E-state index in [0.29, 0.717) is 5.92 Å². The van der Waals surface area contributed by atoms with E-state index in [1.54, 1.807) is 14.2 Å². The highest BCUT2D eigenvalue weighted by molar-refractivity contribution is 5.31. The Morgan fingerprint density at radius 1 is 1.37 bits per heavy atom. The summed E-state index contributed by atoms with van der Waals surface area (Å²) < 4.78 is 11.0. The molecule has 1 aromatic rings. The highest BCUT2D eigenvalue weighted by atomic mass is 16.5. The van der Waals surface area contributed by atoms with Crippen LogP contribution in [-0.4, -0.2) is 24.9 Å². The maximum absolute atomic E-state index is 10.8. The summed E-state index contributed by atoms with van der Waals surface area (Å²) in [6.45, 7) is 2.23. The van der Waals surface area contributed by atoms with E-state index in [2.05, 4.69) is 6.92 Å². The second-order valence-electron chi connectivity index (χ2n) is 5.65. The van der Waals surface area contributed by atoms with E-state index < -0.39 is 11.7 Å². The number of rotatable bonds is 4. The predicted octanol–water partition coefficient (Wildman–Crippen LogP) is 3.32. The lowest BCUT2D eigenvalue weighted by atomic mass is 9.74. The SMILES string of the molecule is COc1cccc(C(O)C2(OC)CCCC(C)C2)c1. The summed E-state index contributed by atoms with van der Waals surface area (Å²) in [7, 11) is 3.35. The smallest absolute Gasteiger partial charge is 0.119 e. The third-order valence-corrected chi connectivity index (χ3v) is 4.31. The normalized spacial score (nSPS) is 28.9. The molecular weight excluding hydrogens is 240 g/mol. The summed E-state index contributed by atoms with van der Waals surface area (Å²) in [5, 5.41) is 10.8. The van der Waals surface area contributed by atoms with Crippen LogP contribution < -0.4 is 4.74 Å². The monoisotopic (exact) mass is 264 g/mol. The number of methoxy groups -OCH3 is 2. The van der Waals surface area contributed by atoms with E-state index in [4.69, 9.17) is 9.47 Å². The number of ether oxygens (including phenoxy) is 2. The fraction of sp³-hybridized carbons (Fsp3) is 0.625. The average Bonchev–Trinajstić information content (AvgIpc) is 2.46. The highest BCUT2D eigenvalue weighted by Gasteiger charge is 2.42. The zero-order valence-electron chi connectivity index (χ0n) is 12.1. The van der Waals surface area contributed by atoms with E-state index in [9.17, 15) is 5.11 Å². The first-order valence-electron chi connectivity index (χ1n) is 6.98.